The third-order valence-corrected chi connectivity index (χ3v) is 5.53. The minimum absolute atomic E-state index is 0.177. The van der Waals surface area contributed by atoms with Crippen molar-refractivity contribution in [3.8, 4) is 0 Å². The SMILES string of the molecule is CCC1CCC2(CC1)[NH2+][C@H](C(=O)[O-])CS2. The number of carboxylic acids is 1. The zero-order valence-electron chi connectivity index (χ0n) is 9.20. The van der Waals surface area contributed by atoms with Crippen molar-refractivity contribution in [1.29, 1.82) is 0 Å². The molecular weight excluding hydrogens is 210 g/mol. The van der Waals surface area contributed by atoms with Gasteiger partial charge in [-0.2, -0.15) is 0 Å². The summed E-state index contributed by atoms with van der Waals surface area (Å²) < 4.78 is 0. The average Bonchev–Trinajstić information content (AvgIpc) is 2.64. The Kier molecular flexibility index (Phi) is 3.26. The summed E-state index contributed by atoms with van der Waals surface area (Å²) in [5.41, 5.74) is 0. The predicted octanol–water partition coefficient (Wildman–Crippen LogP) is -0.288. The largest absolute Gasteiger partial charge is 0.544 e. The van der Waals surface area contributed by atoms with Gasteiger partial charge in [0.15, 0.2) is 0 Å². The minimum Gasteiger partial charge on any atom is -0.544 e. The van der Waals surface area contributed by atoms with Crippen LogP contribution in [0.4, 0.5) is 0 Å². The van der Waals surface area contributed by atoms with E-state index in [0.717, 1.165) is 11.7 Å². The van der Waals surface area contributed by atoms with Crippen molar-refractivity contribution in [2.75, 3.05) is 5.75 Å². The van der Waals surface area contributed by atoms with E-state index >= 15 is 0 Å². The molecule has 15 heavy (non-hydrogen) atoms. The van der Waals surface area contributed by atoms with E-state index in [1.807, 2.05) is 11.8 Å². The lowest BCUT2D eigenvalue weighted by atomic mass is 9.84. The van der Waals surface area contributed by atoms with Crippen molar-refractivity contribution in [1.82, 2.24) is 0 Å². The minimum atomic E-state index is -0.892. The third kappa shape index (κ3) is 2.31. The summed E-state index contributed by atoms with van der Waals surface area (Å²) in [6.07, 6.45) is 6.13. The summed E-state index contributed by atoms with van der Waals surface area (Å²) in [5, 5.41) is 12.8. The standard InChI is InChI=1S/C11H19NO2S/c1-2-8-3-5-11(6-4-8)12-9(7-15-11)10(13)14/h8-9,12H,2-7H2,1H3,(H,13,14)/t8?,9-,11?/m0/s1. The highest BCUT2D eigenvalue weighted by Crippen LogP contribution is 2.40. The molecule has 3 nitrogen and oxygen atoms in total. The molecule has 86 valence electrons. The molecule has 0 unspecified atom stereocenters. The second-order valence-electron chi connectivity index (χ2n) is 4.82. The normalized spacial score (nSPS) is 40.9. The second kappa shape index (κ2) is 4.34. The van der Waals surface area contributed by atoms with E-state index < -0.39 is 5.97 Å². The summed E-state index contributed by atoms with van der Waals surface area (Å²) in [5.74, 6) is 0.697. The number of carbonyl (C=O) groups is 1. The van der Waals surface area contributed by atoms with Gasteiger partial charge in [0.25, 0.3) is 0 Å². The van der Waals surface area contributed by atoms with E-state index in [1.54, 1.807) is 0 Å². The molecule has 1 saturated carbocycles. The van der Waals surface area contributed by atoms with E-state index in [1.165, 1.54) is 32.1 Å². The van der Waals surface area contributed by atoms with Crippen molar-refractivity contribution in [3.63, 3.8) is 0 Å². The first-order chi connectivity index (χ1) is 7.15. The van der Waals surface area contributed by atoms with Crippen LogP contribution in [0.1, 0.15) is 39.0 Å². The molecule has 2 N–H and O–H groups in total. The average molecular weight is 229 g/mol. The molecule has 0 aromatic rings. The number of nitrogens with two attached hydrogens (primary N) is 1. The first-order valence-electron chi connectivity index (χ1n) is 5.86. The Bertz CT molecular complexity index is 249. The molecule has 1 atom stereocenters. The van der Waals surface area contributed by atoms with Crippen LogP contribution in [0.15, 0.2) is 0 Å². The molecule has 1 saturated heterocycles. The second-order valence-corrected chi connectivity index (χ2v) is 6.25. The Balaban J connectivity index is 1.92. The van der Waals surface area contributed by atoms with Crippen LogP contribution in [0.25, 0.3) is 0 Å². The van der Waals surface area contributed by atoms with Crippen LogP contribution in [0.2, 0.25) is 0 Å². The van der Waals surface area contributed by atoms with Crippen LogP contribution in [-0.2, 0) is 4.79 Å². The Morgan fingerprint density at radius 1 is 1.53 bits per heavy atom. The summed E-state index contributed by atoms with van der Waals surface area (Å²) in [7, 11) is 0. The highest BCUT2D eigenvalue weighted by molar-refractivity contribution is 8.00. The predicted molar refractivity (Wildman–Crippen MR) is 58.2 cm³/mol. The smallest absolute Gasteiger partial charge is 0.143 e. The number of carboxylic acid groups (broad SMARTS) is 1. The molecular formula is C11H19NO2S. The van der Waals surface area contributed by atoms with Crippen molar-refractivity contribution >= 4 is 17.7 Å². The number of hydrogen-bond donors (Lipinski definition) is 1. The molecule has 4 heteroatoms. The maximum atomic E-state index is 10.8. The first-order valence-corrected chi connectivity index (χ1v) is 6.84. The molecule has 0 aromatic carbocycles. The van der Waals surface area contributed by atoms with Crippen molar-refractivity contribution < 1.29 is 15.2 Å². The van der Waals surface area contributed by atoms with Gasteiger partial charge < -0.3 is 15.2 Å². The highest BCUT2D eigenvalue weighted by atomic mass is 32.2. The first kappa shape index (κ1) is 11.3. The maximum absolute atomic E-state index is 10.8. The monoisotopic (exact) mass is 229 g/mol. The van der Waals surface area contributed by atoms with Crippen molar-refractivity contribution in [2.24, 2.45) is 5.92 Å². The van der Waals surface area contributed by atoms with Crippen LogP contribution in [0, 0.1) is 5.92 Å². The Labute approximate surface area is 95.0 Å². The molecule has 0 amide bonds. The molecule has 1 aliphatic carbocycles. The van der Waals surface area contributed by atoms with Gasteiger partial charge in [-0.05, 0) is 18.8 Å². The zero-order valence-corrected chi connectivity index (χ0v) is 10.0. The number of hydrogen-bond acceptors (Lipinski definition) is 3. The van der Waals surface area contributed by atoms with Crippen molar-refractivity contribution in [3.05, 3.63) is 0 Å². The lowest BCUT2D eigenvalue weighted by molar-refractivity contribution is -0.719. The van der Waals surface area contributed by atoms with E-state index in [-0.39, 0.29) is 10.9 Å². The molecule has 1 spiro atoms. The molecule has 1 aliphatic heterocycles. The van der Waals surface area contributed by atoms with Gasteiger partial charge in [0.2, 0.25) is 0 Å². The number of rotatable bonds is 2. The third-order valence-electron chi connectivity index (χ3n) is 3.89. The van der Waals surface area contributed by atoms with Crippen LogP contribution >= 0.6 is 11.8 Å². The van der Waals surface area contributed by atoms with Gasteiger partial charge in [0.05, 0.1) is 5.75 Å². The quantitative estimate of drug-likeness (QED) is 0.708. The van der Waals surface area contributed by atoms with Gasteiger partial charge in [0, 0.05) is 12.8 Å². The number of thioether (sulfide) groups is 1. The lowest BCUT2D eigenvalue weighted by Crippen LogP contribution is -2.99. The lowest BCUT2D eigenvalue weighted by Gasteiger charge is -2.34. The Morgan fingerprint density at radius 2 is 2.20 bits per heavy atom. The molecule has 0 bridgehead atoms. The molecule has 2 aliphatic rings. The molecule has 2 rings (SSSR count). The zero-order chi connectivity index (χ0) is 10.9. The van der Waals surface area contributed by atoms with E-state index in [0.29, 0.717) is 0 Å². The Morgan fingerprint density at radius 3 is 2.67 bits per heavy atom. The summed E-state index contributed by atoms with van der Waals surface area (Å²) >= 11 is 1.84. The van der Waals surface area contributed by atoms with Crippen LogP contribution in [-0.4, -0.2) is 22.6 Å². The van der Waals surface area contributed by atoms with E-state index in [2.05, 4.69) is 12.2 Å². The van der Waals surface area contributed by atoms with Crippen LogP contribution in [0.5, 0.6) is 0 Å². The fraction of sp³-hybridized carbons (Fsp3) is 0.909. The number of quaternary nitrogens is 1. The van der Waals surface area contributed by atoms with Gasteiger partial charge in [0.1, 0.15) is 16.9 Å². The fourth-order valence-corrected chi connectivity index (χ4v) is 4.27. The number of carbonyl (C=O) groups excluding carboxylic acids is 1. The summed E-state index contributed by atoms with van der Waals surface area (Å²) in [6, 6.07) is -0.312. The molecule has 2 fully saturated rings. The van der Waals surface area contributed by atoms with Crippen molar-refractivity contribution in [2.45, 2.75) is 49.9 Å². The van der Waals surface area contributed by atoms with Gasteiger partial charge in [-0.25, -0.2) is 0 Å². The molecule has 0 aromatic heterocycles. The van der Waals surface area contributed by atoms with Gasteiger partial charge >= 0.3 is 0 Å². The Hall–Kier alpha value is -0.220. The summed E-state index contributed by atoms with van der Waals surface area (Å²) in [4.78, 5) is 11.0. The van der Waals surface area contributed by atoms with Crippen LogP contribution in [0.3, 0.4) is 0 Å². The highest BCUT2D eigenvalue weighted by Gasteiger charge is 2.46. The molecule has 0 radical (unpaired) electrons. The number of aliphatic carboxylic acids is 1. The topological polar surface area (TPSA) is 56.7 Å². The maximum Gasteiger partial charge on any atom is 0.143 e. The fourth-order valence-electron chi connectivity index (χ4n) is 2.74. The van der Waals surface area contributed by atoms with Gasteiger partial charge in [-0.15, -0.1) is 0 Å². The van der Waals surface area contributed by atoms with Gasteiger partial charge in [-0.1, -0.05) is 25.1 Å². The molecule has 1 heterocycles. The van der Waals surface area contributed by atoms with Gasteiger partial charge in [-0.3, -0.25) is 0 Å². The summed E-state index contributed by atoms with van der Waals surface area (Å²) in [6.45, 7) is 2.25. The van der Waals surface area contributed by atoms with E-state index in [4.69, 9.17) is 0 Å². The van der Waals surface area contributed by atoms with E-state index in [9.17, 15) is 9.90 Å². The van der Waals surface area contributed by atoms with Crippen LogP contribution < -0.4 is 10.4 Å².